The second-order valence-electron chi connectivity index (χ2n) is 4.05. The molecule has 0 aliphatic heterocycles. The zero-order valence-electron chi connectivity index (χ0n) is 10.1. The van der Waals surface area contributed by atoms with Gasteiger partial charge in [0.2, 0.25) is 0 Å². The Bertz CT molecular complexity index is 733. The SMILES string of the molecule is Cc1cn(S(N)(=O)=O)c(C(=O)O)c1-c1ccccc1. The summed E-state index contributed by atoms with van der Waals surface area (Å²) >= 11 is 0. The molecule has 0 aliphatic rings. The Morgan fingerprint density at radius 1 is 1.26 bits per heavy atom. The highest BCUT2D eigenvalue weighted by Crippen LogP contribution is 2.29. The van der Waals surface area contributed by atoms with Gasteiger partial charge in [0.25, 0.3) is 0 Å². The van der Waals surface area contributed by atoms with Crippen molar-refractivity contribution in [3.8, 4) is 11.1 Å². The standard InChI is InChI=1S/C12H12N2O4S/c1-8-7-14(19(13,17)18)11(12(15)16)10(8)9-5-3-2-4-6-9/h2-7H,1H3,(H,15,16)(H2,13,17,18). The molecule has 0 saturated heterocycles. The van der Waals surface area contributed by atoms with E-state index in [0.29, 0.717) is 20.7 Å². The van der Waals surface area contributed by atoms with Gasteiger partial charge in [-0.2, -0.15) is 8.42 Å². The lowest BCUT2D eigenvalue weighted by atomic mass is 10.0. The van der Waals surface area contributed by atoms with Gasteiger partial charge >= 0.3 is 16.2 Å². The first-order valence-electron chi connectivity index (χ1n) is 5.36. The number of aromatic carboxylic acids is 1. The van der Waals surface area contributed by atoms with Gasteiger partial charge in [-0.3, -0.25) is 0 Å². The van der Waals surface area contributed by atoms with E-state index >= 15 is 0 Å². The second-order valence-corrected chi connectivity index (χ2v) is 5.47. The van der Waals surface area contributed by atoms with Crippen molar-refractivity contribution in [1.29, 1.82) is 0 Å². The number of hydrogen-bond acceptors (Lipinski definition) is 3. The Morgan fingerprint density at radius 2 is 1.84 bits per heavy atom. The van der Waals surface area contributed by atoms with Crippen LogP contribution in [0.4, 0.5) is 0 Å². The van der Waals surface area contributed by atoms with Gasteiger partial charge in [0.15, 0.2) is 5.69 Å². The molecule has 2 aromatic rings. The molecule has 0 spiro atoms. The molecule has 6 nitrogen and oxygen atoms in total. The average Bonchev–Trinajstić information content (AvgIpc) is 2.68. The third kappa shape index (κ3) is 2.38. The number of rotatable bonds is 3. The van der Waals surface area contributed by atoms with Gasteiger partial charge in [0.05, 0.1) is 0 Å². The Labute approximate surface area is 110 Å². The first-order chi connectivity index (χ1) is 8.82. The van der Waals surface area contributed by atoms with Crippen molar-refractivity contribution in [3.63, 3.8) is 0 Å². The Morgan fingerprint density at radius 3 is 2.32 bits per heavy atom. The molecule has 0 bridgehead atoms. The summed E-state index contributed by atoms with van der Waals surface area (Å²) in [5.74, 6) is -1.35. The molecule has 0 fully saturated rings. The minimum atomic E-state index is -4.15. The largest absolute Gasteiger partial charge is 0.477 e. The minimum absolute atomic E-state index is 0.349. The van der Waals surface area contributed by atoms with Crippen molar-refractivity contribution in [2.75, 3.05) is 0 Å². The average molecular weight is 280 g/mol. The van der Waals surface area contributed by atoms with Crippen molar-refractivity contribution < 1.29 is 18.3 Å². The predicted octanol–water partition coefficient (Wildman–Crippen LogP) is 1.21. The molecule has 3 N–H and O–H groups in total. The maximum Gasteiger partial charge on any atom is 0.354 e. The molecule has 0 atom stereocenters. The molecule has 2 rings (SSSR count). The monoisotopic (exact) mass is 280 g/mol. The quantitative estimate of drug-likeness (QED) is 0.882. The Balaban J connectivity index is 2.83. The van der Waals surface area contributed by atoms with E-state index in [9.17, 15) is 18.3 Å². The van der Waals surface area contributed by atoms with E-state index in [1.54, 1.807) is 37.3 Å². The molecule has 1 aromatic heterocycles. The van der Waals surface area contributed by atoms with E-state index < -0.39 is 16.2 Å². The van der Waals surface area contributed by atoms with Gasteiger partial charge in [-0.15, -0.1) is 0 Å². The number of carbonyl (C=O) groups is 1. The highest BCUT2D eigenvalue weighted by Gasteiger charge is 2.25. The number of hydrogen-bond donors (Lipinski definition) is 2. The second kappa shape index (κ2) is 4.52. The predicted molar refractivity (Wildman–Crippen MR) is 70.1 cm³/mol. The molecule has 7 heteroatoms. The smallest absolute Gasteiger partial charge is 0.354 e. The zero-order chi connectivity index (χ0) is 14.2. The summed E-state index contributed by atoms with van der Waals surface area (Å²) in [5, 5.41) is 14.3. The molecule has 0 saturated carbocycles. The fourth-order valence-corrected chi connectivity index (χ4v) is 2.70. The fraction of sp³-hybridized carbons (Fsp3) is 0.0833. The van der Waals surface area contributed by atoms with Gasteiger partial charge in [0, 0.05) is 11.8 Å². The number of aromatic nitrogens is 1. The van der Waals surface area contributed by atoms with Crippen LogP contribution in [0, 0.1) is 6.92 Å². The molecule has 19 heavy (non-hydrogen) atoms. The number of benzene rings is 1. The Kier molecular flexibility index (Phi) is 3.17. The summed E-state index contributed by atoms with van der Waals surface area (Å²) in [6, 6.07) is 8.70. The summed E-state index contributed by atoms with van der Waals surface area (Å²) < 4.78 is 23.5. The molecular weight excluding hydrogens is 268 g/mol. The Hall–Kier alpha value is -2.12. The van der Waals surface area contributed by atoms with Crippen molar-refractivity contribution >= 4 is 16.2 Å². The number of nitrogens with zero attached hydrogens (tertiary/aromatic N) is 1. The highest BCUT2D eigenvalue weighted by atomic mass is 32.2. The van der Waals surface area contributed by atoms with Gasteiger partial charge < -0.3 is 5.11 Å². The van der Waals surface area contributed by atoms with E-state index in [0.717, 1.165) is 0 Å². The maximum absolute atomic E-state index is 11.4. The van der Waals surface area contributed by atoms with E-state index in [1.807, 2.05) is 0 Å². The van der Waals surface area contributed by atoms with Crippen LogP contribution in [0.25, 0.3) is 11.1 Å². The van der Waals surface area contributed by atoms with E-state index in [4.69, 9.17) is 5.14 Å². The van der Waals surface area contributed by atoms with Crippen molar-refractivity contribution in [3.05, 3.63) is 47.8 Å². The maximum atomic E-state index is 11.4. The summed E-state index contributed by atoms with van der Waals surface area (Å²) in [6.45, 7) is 1.64. The molecule has 0 unspecified atom stereocenters. The van der Waals surface area contributed by atoms with Gasteiger partial charge in [-0.1, -0.05) is 30.3 Å². The molecule has 1 heterocycles. The summed E-state index contributed by atoms with van der Waals surface area (Å²) in [7, 11) is -4.15. The number of nitrogens with two attached hydrogens (primary N) is 1. The van der Waals surface area contributed by atoms with Crippen LogP contribution >= 0.6 is 0 Å². The number of carboxylic acids is 1. The lowest BCUT2D eigenvalue weighted by Gasteiger charge is -2.05. The molecule has 0 aliphatic carbocycles. The lowest BCUT2D eigenvalue weighted by Crippen LogP contribution is -2.24. The van der Waals surface area contributed by atoms with Crippen LogP contribution in [0.2, 0.25) is 0 Å². The van der Waals surface area contributed by atoms with E-state index in [-0.39, 0.29) is 5.69 Å². The van der Waals surface area contributed by atoms with Crippen LogP contribution in [0.5, 0.6) is 0 Å². The van der Waals surface area contributed by atoms with Crippen LogP contribution in [-0.4, -0.2) is 23.5 Å². The first kappa shape index (κ1) is 13.3. The van der Waals surface area contributed by atoms with Crippen LogP contribution < -0.4 is 5.14 Å². The topological polar surface area (TPSA) is 102 Å². The molecule has 0 amide bonds. The van der Waals surface area contributed by atoms with Crippen LogP contribution in [0.15, 0.2) is 36.5 Å². The van der Waals surface area contributed by atoms with Crippen molar-refractivity contribution in [1.82, 2.24) is 3.97 Å². The molecular formula is C12H12N2O4S. The summed E-state index contributed by atoms with van der Waals surface area (Å²) in [6.07, 6.45) is 1.21. The highest BCUT2D eigenvalue weighted by molar-refractivity contribution is 7.87. The van der Waals surface area contributed by atoms with Gasteiger partial charge in [-0.05, 0) is 18.1 Å². The number of aryl methyl sites for hydroxylation is 1. The third-order valence-electron chi connectivity index (χ3n) is 2.70. The molecule has 100 valence electrons. The van der Waals surface area contributed by atoms with Gasteiger partial charge in [-0.25, -0.2) is 13.9 Å². The van der Waals surface area contributed by atoms with Gasteiger partial charge in [0.1, 0.15) is 0 Å². The van der Waals surface area contributed by atoms with E-state index in [2.05, 4.69) is 0 Å². The minimum Gasteiger partial charge on any atom is -0.477 e. The molecule has 1 aromatic carbocycles. The third-order valence-corrected chi connectivity index (χ3v) is 3.54. The fourth-order valence-electron chi connectivity index (χ4n) is 1.97. The van der Waals surface area contributed by atoms with Crippen LogP contribution in [0.3, 0.4) is 0 Å². The summed E-state index contributed by atoms with van der Waals surface area (Å²) in [4.78, 5) is 11.3. The number of carboxylic acid groups (broad SMARTS) is 1. The van der Waals surface area contributed by atoms with Crippen LogP contribution in [-0.2, 0) is 10.2 Å². The van der Waals surface area contributed by atoms with Crippen molar-refractivity contribution in [2.24, 2.45) is 5.14 Å². The van der Waals surface area contributed by atoms with Crippen LogP contribution in [0.1, 0.15) is 16.1 Å². The van der Waals surface area contributed by atoms with Crippen molar-refractivity contribution in [2.45, 2.75) is 6.92 Å². The first-order valence-corrected chi connectivity index (χ1v) is 6.86. The summed E-state index contributed by atoms with van der Waals surface area (Å²) in [5.41, 5.74) is 1.14. The normalized spacial score (nSPS) is 11.5. The zero-order valence-corrected chi connectivity index (χ0v) is 10.9. The lowest BCUT2D eigenvalue weighted by molar-refractivity contribution is 0.0690. The van der Waals surface area contributed by atoms with E-state index in [1.165, 1.54) is 6.20 Å². The molecule has 0 radical (unpaired) electrons.